The third kappa shape index (κ3) is 8.59. The number of ether oxygens (including phenoxy) is 2. The molecular weight excluding hydrogens is 557 g/mol. The van der Waals surface area contributed by atoms with Crippen LogP contribution >= 0.6 is 23.2 Å². The maximum Gasteiger partial charge on any atom is 0.311 e. The van der Waals surface area contributed by atoms with Gasteiger partial charge in [-0.25, -0.2) is 0 Å². The van der Waals surface area contributed by atoms with Gasteiger partial charge < -0.3 is 19.7 Å². The summed E-state index contributed by atoms with van der Waals surface area (Å²) in [6, 6.07) is 17.5. The molecular formula is C29H31Cl2N3O6. The van der Waals surface area contributed by atoms with Gasteiger partial charge in [-0.1, -0.05) is 59.6 Å². The molecule has 0 unspecified atom stereocenters. The number of benzene rings is 3. The van der Waals surface area contributed by atoms with E-state index in [0.29, 0.717) is 15.6 Å². The van der Waals surface area contributed by atoms with Gasteiger partial charge in [-0.15, -0.1) is 0 Å². The minimum Gasteiger partial charge on any atom is -0.490 e. The summed E-state index contributed by atoms with van der Waals surface area (Å²) in [5.74, 6) is -0.617. The molecule has 212 valence electrons. The molecule has 3 aromatic rings. The second kappa shape index (κ2) is 13.5. The van der Waals surface area contributed by atoms with Crippen molar-refractivity contribution in [2.24, 2.45) is 0 Å². The van der Waals surface area contributed by atoms with E-state index in [0.717, 1.165) is 5.56 Å². The number of nitrogens with zero attached hydrogens (tertiary/aromatic N) is 2. The Morgan fingerprint density at radius 1 is 1.00 bits per heavy atom. The fourth-order valence-electron chi connectivity index (χ4n) is 3.97. The van der Waals surface area contributed by atoms with Gasteiger partial charge in [0, 0.05) is 30.6 Å². The van der Waals surface area contributed by atoms with Gasteiger partial charge in [0.1, 0.15) is 11.8 Å². The maximum absolute atomic E-state index is 13.7. The molecule has 0 saturated carbocycles. The van der Waals surface area contributed by atoms with Crippen molar-refractivity contribution in [3.8, 4) is 11.5 Å². The highest BCUT2D eigenvalue weighted by molar-refractivity contribution is 6.42. The van der Waals surface area contributed by atoms with Gasteiger partial charge in [0.2, 0.25) is 11.7 Å². The summed E-state index contributed by atoms with van der Waals surface area (Å²) in [5, 5.41) is 14.9. The number of hydrogen-bond donors (Lipinski definition) is 1. The largest absolute Gasteiger partial charge is 0.490 e. The van der Waals surface area contributed by atoms with Gasteiger partial charge in [-0.2, -0.15) is 0 Å². The molecule has 0 radical (unpaired) electrons. The van der Waals surface area contributed by atoms with E-state index in [2.05, 4.69) is 5.32 Å². The summed E-state index contributed by atoms with van der Waals surface area (Å²) >= 11 is 12.3. The predicted molar refractivity (Wildman–Crippen MR) is 154 cm³/mol. The Morgan fingerprint density at radius 2 is 1.70 bits per heavy atom. The summed E-state index contributed by atoms with van der Waals surface area (Å²) in [6.07, 6.45) is 0.251. The number of rotatable bonds is 11. The highest BCUT2D eigenvalue weighted by Crippen LogP contribution is 2.31. The second-order valence-corrected chi connectivity index (χ2v) is 10.9. The van der Waals surface area contributed by atoms with Crippen molar-refractivity contribution in [1.82, 2.24) is 10.2 Å². The normalized spacial score (nSPS) is 11.8. The maximum atomic E-state index is 13.7. The van der Waals surface area contributed by atoms with Crippen molar-refractivity contribution in [3.63, 3.8) is 0 Å². The molecule has 1 N–H and O–H groups in total. The number of hydrogen-bond acceptors (Lipinski definition) is 6. The molecule has 1 atom stereocenters. The third-order valence-electron chi connectivity index (χ3n) is 5.82. The highest BCUT2D eigenvalue weighted by atomic mass is 35.5. The van der Waals surface area contributed by atoms with E-state index in [4.69, 9.17) is 32.7 Å². The molecule has 0 heterocycles. The van der Waals surface area contributed by atoms with Crippen molar-refractivity contribution >= 4 is 40.7 Å². The first-order valence-electron chi connectivity index (χ1n) is 12.4. The van der Waals surface area contributed by atoms with Gasteiger partial charge in [0.25, 0.3) is 5.91 Å². The molecule has 11 heteroatoms. The monoisotopic (exact) mass is 587 g/mol. The molecule has 0 aliphatic carbocycles. The predicted octanol–water partition coefficient (Wildman–Crippen LogP) is 5.84. The van der Waals surface area contributed by atoms with E-state index in [1.165, 1.54) is 30.2 Å². The van der Waals surface area contributed by atoms with Crippen LogP contribution in [0.4, 0.5) is 5.69 Å². The average Bonchev–Trinajstić information content (AvgIpc) is 2.90. The lowest BCUT2D eigenvalue weighted by Crippen LogP contribution is -2.55. The zero-order valence-electron chi connectivity index (χ0n) is 22.6. The Bertz CT molecular complexity index is 1360. The van der Waals surface area contributed by atoms with Crippen molar-refractivity contribution in [1.29, 1.82) is 0 Å². The molecule has 0 saturated heterocycles. The lowest BCUT2D eigenvalue weighted by Gasteiger charge is -2.33. The molecule has 3 rings (SSSR count). The van der Waals surface area contributed by atoms with Crippen LogP contribution in [0.3, 0.4) is 0 Å². The molecule has 0 fully saturated rings. The highest BCUT2D eigenvalue weighted by Gasteiger charge is 2.32. The van der Waals surface area contributed by atoms with Crippen LogP contribution in [0.5, 0.6) is 11.5 Å². The smallest absolute Gasteiger partial charge is 0.311 e. The fraction of sp³-hybridized carbons (Fsp3) is 0.310. The van der Waals surface area contributed by atoms with Crippen molar-refractivity contribution in [2.45, 2.75) is 45.3 Å². The van der Waals surface area contributed by atoms with Crippen LogP contribution in [-0.2, 0) is 22.6 Å². The Kier molecular flexibility index (Phi) is 10.4. The van der Waals surface area contributed by atoms with E-state index >= 15 is 0 Å². The topological polar surface area (TPSA) is 111 Å². The molecule has 2 amide bonds. The van der Waals surface area contributed by atoms with Crippen molar-refractivity contribution in [3.05, 3.63) is 98.0 Å². The summed E-state index contributed by atoms with van der Waals surface area (Å²) < 4.78 is 10.8. The molecule has 9 nitrogen and oxygen atoms in total. The van der Waals surface area contributed by atoms with Crippen LogP contribution in [0.15, 0.2) is 66.7 Å². The fourth-order valence-corrected chi connectivity index (χ4v) is 4.29. The van der Waals surface area contributed by atoms with Crippen LogP contribution in [0.2, 0.25) is 10.0 Å². The number of carbonyl (C=O) groups excluding carboxylic acids is 2. The molecule has 0 bridgehead atoms. The summed E-state index contributed by atoms with van der Waals surface area (Å²) in [4.78, 5) is 39.4. The van der Waals surface area contributed by atoms with Crippen LogP contribution in [0, 0.1) is 10.1 Å². The number of halogens is 2. The average molecular weight is 588 g/mol. The van der Waals surface area contributed by atoms with Crippen LogP contribution in [0.1, 0.15) is 31.9 Å². The lowest BCUT2D eigenvalue weighted by atomic mass is 10.0. The van der Waals surface area contributed by atoms with Gasteiger partial charge in [0.15, 0.2) is 6.61 Å². The van der Waals surface area contributed by atoms with E-state index in [1.54, 1.807) is 18.2 Å². The summed E-state index contributed by atoms with van der Waals surface area (Å²) in [5.41, 5.74) is 0.756. The first-order chi connectivity index (χ1) is 18.9. The minimum atomic E-state index is -0.890. The molecule has 0 aromatic heterocycles. The van der Waals surface area contributed by atoms with Crippen molar-refractivity contribution in [2.75, 3.05) is 13.7 Å². The standard InChI is InChI=1S/C29H31Cl2N3O6/c1-29(2,3)32-28(36)25(15-19-8-6-5-7-9-19)33(17-20-10-12-22(30)23(31)14-20)27(35)18-40-21-11-13-24(34(37)38)26(16-21)39-4/h5-14,16,25H,15,17-18H2,1-4H3,(H,32,36)/t25-/m0/s1. The van der Waals surface area contributed by atoms with Gasteiger partial charge in [-0.05, 0) is 50.1 Å². The third-order valence-corrected chi connectivity index (χ3v) is 6.56. The summed E-state index contributed by atoms with van der Waals surface area (Å²) in [7, 11) is 1.30. The van der Waals surface area contributed by atoms with Gasteiger partial charge in [0.05, 0.1) is 22.1 Å². The van der Waals surface area contributed by atoms with Crippen molar-refractivity contribution < 1.29 is 24.0 Å². The number of nitro groups is 1. The van der Waals surface area contributed by atoms with E-state index in [1.807, 2.05) is 51.1 Å². The Morgan fingerprint density at radius 3 is 2.30 bits per heavy atom. The van der Waals surface area contributed by atoms with Gasteiger partial charge in [-0.3, -0.25) is 19.7 Å². The Labute approximate surface area is 243 Å². The summed E-state index contributed by atoms with van der Waals surface area (Å²) in [6.45, 7) is 5.20. The SMILES string of the molecule is COc1cc(OCC(=O)N(Cc2ccc(Cl)c(Cl)c2)[C@@H](Cc2ccccc2)C(=O)NC(C)(C)C)ccc1[N+](=O)[O-]. The van der Waals surface area contributed by atoms with E-state index in [-0.39, 0.29) is 36.1 Å². The first-order valence-corrected chi connectivity index (χ1v) is 13.2. The molecule has 0 spiro atoms. The van der Waals surface area contributed by atoms with Crippen LogP contribution < -0.4 is 14.8 Å². The lowest BCUT2D eigenvalue weighted by molar-refractivity contribution is -0.385. The molecule has 40 heavy (non-hydrogen) atoms. The van der Waals surface area contributed by atoms with Crippen LogP contribution in [0.25, 0.3) is 0 Å². The molecule has 0 aliphatic heterocycles. The number of nitro benzene ring substituents is 1. The Balaban J connectivity index is 1.96. The number of methoxy groups -OCH3 is 1. The zero-order valence-corrected chi connectivity index (χ0v) is 24.2. The quantitative estimate of drug-likeness (QED) is 0.223. The van der Waals surface area contributed by atoms with Crippen LogP contribution in [-0.4, -0.2) is 46.9 Å². The number of nitrogens with one attached hydrogen (secondary N) is 1. The molecule has 3 aromatic carbocycles. The number of amides is 2. The first kappa shape index (κ1) is 30.7. The Hall–Kier alpha value is -3.82. The van der Waals surface area contributed by atoms with E-state index < -0.39 is 29.0 Å². The second-order valence-electron chi connectivity index (χ2n) is 10.1. The zero-order chi connectivity index (χ0) is 29.4. The molecule has 0 aliphatic rings. The minimum absolute atomic E-state index is 0.00544. The number of carbonyl (C=O) groups is 2. The van der Waals surface area contributed by atoms with E-state index in [9.17, 15) is 19.7 Å². The van der Waals surface area contributed by atoms with Gasteiger partial charge >= 0.3 is 5.69 Å².